The van der Waals surface area contributed by atoms with Gasteiger partial charge in [0.1, 0.15) is 0 Å². The predicted molar refractivity (Wildman–Crippen MR) is 74.3 cm³/mol. The van der Waals surface area contributed by atoms with Gasteiger partial charge in [-0.25, -0.2) is 8.42 Å². The van der Waals surface area contributed by atoms with E-state index in [-0.39, 0.29) is 17.5 Å². The molecule has 1 aliphatic heterocycles. The molecule has 1 heterocycles. The molecule has 0 unspecified atom stereocenters. The van der Waals surface area contributed by atoms with Crippen molar-refractivity contribution in [2.75, 3.05) is 18.9 Å². The maximum Gasteiger partial charge on any atom is 0.243 e. The van der Waals surface area contributed by atoms with Gasteiger partial charge >= 0.3 is 0 Å². The second-order valence-electron chi connectivity index (χ2n) is 5.06. The standard InChI is InChI=1S/C13H20N2O3S/c1-9-6-11(14)7-13(10(9)2)19(17,18)15-5-3-4-12(15)8-16/h6-7,12,16H,3-5,8,14H2,1-2H3/t12-/m1/s1. The summed E-state index contributed by atoms with van der Waals surface area (Å²) in [4.78, 5) is 0.255. The number of nitrogens with zero attached hydrogens (tertiary/aromatic N) is 1. The highest BCUT2D eigenvalue weighted by Crippen LogP contribution is 2.30. The molecule has 3 N–H and O–H groups in total. The molecule has 1 saturated heterocycles. The summed E-state index contributed by atoms with van der Waals surface area (Å²) < 4.78 is 26.8. The van der Waals surface area contributed by atoms with Gasteiger partial charge in [0.05, 0.1) is 11.5 Å². The van der Waals surface area contributed by atoms with Gasteiger partial charge in [-0.1, -0.05) is 0 Å². The zero-order valence-electron chi connectivity index (χ0n) is 11.3. The number of aryl methyl sites for hydroxylation is 1. The molecule has 1 aliphatic rings. The number of nitrogen functional groups attached to an aromatic ring is 1. The van der Waals surface area contributed by atoms with E-state index in [1.165, 1.54) is 10.4 Å². The third kappa shape index (κ3) is 2.48. The maximum absolute atomic E-state index is 12.7. The summed E-state index contributed by atoms with van der Waals surface area (Å²) in [5.41, 5.74) is 7.78. The third-order valence-corrected chi connectivity index (χ3v) is 5.84. The van der Waals surface area contributed by atoms with Gasteiger partial charge in [-0.2, -0.15) is 4.31 Å². The number of rotatable bonds is 3. The number of nitrogens with two attached hydrogens (primary N) is 1. The zero-order chi connectivity index (χ0) is 14.2. The van der Waals surface area contributed by atoms with Crippen LogP contribution in [0.5, 0.6) is 0 Å². The van der Waals surface area contributed by atoms with Crippen LogP contribution in [0.4, 0.5) is 5.69 Å². The van der Waals surface area contributed by atoms with Crippen LogP contribution in [0.15, 0.2) is 17.0 Å². The third-order valence-electron chi connectivity index (χ3n) is 3.76. The van der Waals surface area contributed by atoms with Crippen LogP contribution in [0.1, 0.15) is 24.0 Å². The van der Waals surface area contributed by atoms with Crippen molar-refractivity contribution in [1.82, 2.24) is 4.31 Å². The lowest BCUT2D eigenvalue weighted by Gasteiger charge is -2.24. The molecule has 0 amide bonds. The molecular formula is C13H20N2O3S. The molecule has 106 valence electrons. The van der Waals surface area contributed by atoms with Crippen LogP contribution in [0.2, 0.25) is 0 Å². The Morgan fingerprint density at radius 3 is 2.74 bits per heavy atom. The van der Waals surface area contributed by atoms with Crippen molar-refractivity contribution in [2.45, 2.75) is 37.6 Å². The van der Waals surface area contributed by atoms with Crippen molar-refractivity contribution in [3.05, 3.63) is 23.3 Å². The van der Waals surface area contributed by atoms with Crippen molar-refractivity contribution in [1.29, 1.82) is 0 Å². The number of sulfonamides is 1. The Morgan fingerprint density at radius 1 is 1.42 bits per heavy atom. The molecule has 0 spiro atoms. The second kappa shape index (κ2) is 5.11. The largest absolute Gasteiger partial charge is 0.399 e. The number of benzene rings is 1. The summed E-state index contributed by atoms with van der Waals surface area (Å²) in [5, 5.41) is 9.29. The Balaban J connectivity index is 2.51. The first kappa shape index (κ1) is 14.3. The highest BCUT2D eigenvalue weighted by Gasteiger charge is 2.35. The molecule has 0 aliphatic carbocycles. The summed E-state index contributed by atoms with van der Waals surface area (Å²) in [6.45, 7) is 3.95. The Kier molecular flexibility index (Phi) is 3.85. The molecule has 5 nitrogen and oxygen atoms in total. The summed E-state index contributed by atoms with van der Waals surface area (Å²) in [5.74, 6) is 0. The average molecular weight is 284 g/mol. The van der Waals surface area contributed by atoms with E-state index in [2.05, 4.69) is 0 Å². The van der Waals surface area contributed by atoms with Crippen molar-refractivity contribution >= 4 is 15.7 Å². The number of aliphatic hydroxyl groups is 1. The van der Waals surface area contributed by atoms with Gasteiger partial charge in [-0.3, -0.25) is 0 Å². The van der Waals surface area contributed by atoms with Crippen molar-refractivity contribution in [3.8, 4) is 0 Å². The van der Waals surface area contributed by atoms with Crippen LogP contribution >= 0.6 is 0 Å². The van der Waals surface area contributed by atoms with E-state index in [1.54, 1.807) is 13.0 Å². The summed E-state index contributed by atoms with van der Waals surface area (Å²) >= 11 is 0. The van der Waals surface area contributed by atoms with Crippen molar-refractivity contribution < 1.29 is 13.5 Å². The van der Waals surface area contributed by atoms with Gasteiger partial charge in [-0.15, -0.1) is 0 Å². The Bertz CT molecular complexity index is 584. The van der Waals surface area contributed by atoms with Crippen LogP contribution in [-0.2, 0) is 10.0 Å². The average Bonchev–Trinajstić information content (AvgIpc) is 2.82. The van der Waals surface area contributed by atoms with E-state index in [0.29, 0.717) is 18.7 Å². The SMILES string of the molecule is Cc1cc(N)cc(S(=O)(=O)N2CCC[C@@H]2CO)c1C. The smallest absolute Gasteiger partial charge is 0.243 e. The highest BCUT2D eigenvalue weighted by molar-refractivity contribution is 7.89. The van der Waals surface area contributed by atoms with Gasteiger partial charge in [0.25, 0.3) is 0 Å². The molecule has 0 radical (unpaired) electrons. The van der Waals surface area contributed by atoms with Crippen LogP contribution in [0.3, 0.4) is 0 Å². The molecule has 1 aromatic carbocycles. The van der Waals surface area contributed by atoms with Crippen molar-refractivity contribution in [2.24, 2.45) is 0 Å². The lowest BCUT2D eigenvalue weighted by Crippen LogP contribution is -2.38. The Labute approximate surface area is 114 Å². The van der Waals surface area contributed by atoms with Gasteiger partial charge in [-0.05, 0) is 49.9 Å². The van der Waals surface area contributed by atoms with E-state index in [0.717, 1.165) is 17.5 Å². The monoisotopic (exact) mass is 284 g/mol. The Hall–Kier alpha value is -1.11. The quantitative estimate of drug-likeness (QED) is 0.812. The molecule has 1 atom stereocenters. The first-order chi connectivity index (χ1) is 8.87. The summed E-state index contributed by atoms with van der Waals surface area (Å²) in [7, 11) is -3.58. The zero-order valence-corrected chi connectivity index (χ0v) is 12.1. The van der Waals surface area contributed by atoms with Gasteiger partial charge in [0.15, 0.2) is 0 Å². The maximum atomic E-state index is 12.7. The molecule has 0 aromatic heterocycles. The van der Waals surface area contributed by atoms with E-state index < -0.39 is 10.0 Å². The fourth-order valence-corrected chi connectivity index (χ4v) is 4.58. The number of anilines is 1. The fourth-order valence-electron chi connectivity index (χ4n) is 2.56. The highest BCUT2D eigenvalue weighted by atomic mass is 32.2. The van der Waals surface area contributed by atoms with E-state index in [9.17, 15) is 13.5 Å². The molecular weight excluding hydrogens is 264 g/mol. The molecule has 1 fully saturated rings. The number of aliphatic hydroxyl groups excluding tert-OH is 1. The predicted octanol–water partition coefficient (Wildman–Crippen LogP) is 1.03. The minimum Gasteiger partial charge on any atom is -0.399 e. The molecule has 1 aromatic rings. The molecule has 6 heteroatoms. The molecule has 2 rings (SSSR count). The topological polar surface area (TPSA) is 83.6 Å². The van der Waals surface area contributed by atoms with Gasteiger partial charge in [0, 0.05) is 18.3 Å². The molecule has 0 saturated carbocycles. The Morgan fingerprint density at radius 2 is 2.11 bits per heavy atom. The molecule has 0 bridgehead atoms. The van der Waals surface area contributed by atoms with Gasteiger partial charge in [0.2, 0.25) is 10.0 Å². The minimum absolute atomic E-state index is 0.139. The van der Waals surface area contributed by atoms with E-state index in [1.807, 2.05) is 6.92 Å². The summed E-state index contributed by atoms with van der Waals surface area (Å²) in [6, 6.07) is 2.96. The lowest BCUT2D eigenvalue weighted by molar-refractivity contribution is 0.213. The number of hydrogen-bond donors (Lipinski definition) is 2. The van der Waals surface area contributed by atoms with Crippen LogP contribution in [0, 0.1) is 13.8 Å². The minimum atomic E-state index is -3.58. The fraction of sp³-hybridized carbons (Fsp3) is 0.538. The molecule has 19 heavy (non-hydrogen) atoms. The second-order valence-corrected chi connectivity index (χ2v) is 6.91. The van der Waals surface area contributed by atoms with Gasteiger partial charge < -0.3 is 10.8 Å². The van der Waals surface area contributed by atoms with E-state index >= 15 is 0 Å². The lowest BCUT2D eigenvalue weighted by atomic mass is 10.1. The summed E-state index contributed by atoms with van der Waals surface area (Å²) in [6.07, 6.45) is 1.49. The van der Waals surface area contributed by atoms with Crippen molar-refractivity contribution in [3.63, 3.8) is 0 Å². The van der Waals surface area contributed by atoms with Crippen LogP contribution in [-0.4, -0.2) is 37.0 Å². The number of hydrogen-bond acceptors (Lipinski definition) is 4. The first-order valence-electron chi connectivity index (χ1n) is 6.37. The first-order valence-corrected chi connectivity index (χ1v) is 7.81. The van der Waals surface area contributed by atoms with E-state index in [4.69, 9.17) is 5.73 Å². The normalized spacial score (nSPS) is 20.9. The van der Waals surface area contributed by atoms with Crippen LogP contribution in [0.25, 0.3) is 0 Å². The van der Waals surface area contributed by atoms with Crippen LogP contribution < -0.4 is 5.73 Å².